The number of hydrogen-bond donors (Lipinski definition) is 1. The quantitative estimate of drug-likeness (QED) is 0.574. The minimum Gasteiger partial charge on any atom is -0.465 e. The van der Waals surface area contributed by atoms with Crippen molar-refractivity contribution in [1.29, 1.82) is 0 Å². The maximum absolute atomic E-state index is 11.3. The Morgan fingerprint density at radius 3 is 2.60 bits per heavy atom. The molecular formula is C10H22N2O3. The van der Waals surface area contributed by atoms with Crippen LogP contribution in [0.3, 0.4) is 0 Å². The lowest BCUT2D eigenvalue weighted by atomic mass is 10.3. The highest BCUT2D eigenvalue weighted by atomic mass is 16.5. The molecule has 0 fully saturated rings. The molecule has 0 saturated carbocycles. The van der Waals surface area contributed by atoms with Crippen LogP contribution in [0.15, 0.2) is 0 Å². The largest absolute Gasteiger partial charge is 0.465 e. The lowest BCUT2D eigenvalue weighted by molar-refractivity contribution is -0.145. The number of carbonyl (C=O) groups excluding carboxylic acids is 1. The molecule has 0 aliphatic rings. The number of rotatable bonds is 8. The first-order valence-corrected chi connectivity index (χ1v) is 5.29. The first-order chi connectivity index (χ1) is 7.15. The van der Waals surface area contributed by atoms with E-state index in [1.807, 2.05) is 6.92 Å². The molecule has 15 heavy (non-hydrogen) atoms. The summed E-state index contributed by atoms with van der Waals surface area (Å²) in [5, 5.41) is 0. The van der Waals surface area contributed by atoms with Crippen LogP contribution in [-0.2, 0) is 14.3 Å². The molecule has 0 aromatic heterocycles. The van der Waals surface area contributed by atoms with Gasteiger partial charge in [-0.15, -0.1) is 0 Å². The summed E-state index contributed by atoms with van der Waals surface area (Å²) in [6, 6.07) is -0.568. The SMILES string of the molecule is CCOC(=O)C(N)CN(CC)CCOC. The van der Waals surface area contributed by atoms with E-state index < -0.39 is 6.04 Å². The Kier molecular flexibility index (Phi) is 8.27. The zero-order chi connectivity index (χ0) is 11.7. The van der Waals surface area contributed by atoms with Crippen LogP contribution in [0.25, 0.3) is 0 Å². The Bertz CT molecular complexity index is 176. The molecule has 1 unspecified atom stereocenters. The standard InChI is InChI=1S/C10H22N2O3/c1-4-12(6-7-14-3)8-9(11)10(13)15-5-2/h9H,4-8,11H2,1-3H3. The van der Waals surface area contributed by atoms with E-state index >= 15 is 0 Å². The third-order valence-electron chi connectivity index (χ3n) is 2.10. The maximum atomic E-state index is 11.3. The van der Waals surface area contributed by atoms with Crippen LogP contribution in [0.2, 0.25) is 0 Å². The monoisotopic (exact) mass is 218 g/mol. The molecule has 5 nitrogen and oxygen atoms in total. The molecule has 0 aromatic carbocycles. The van der Waals surface area contributed by atoms with E-state index in [9.17, 15) is 4.79 Å². The molecule has 5 heteroatoms. The highest BCUT2D eigenvalue weighted by molar-refractivity contribution is 5.75. The number of carbonyl (C=O) groups is 1. The van der Waals surface area contributed by atoms with E-state index in [4.69, 9.17) is 15.2 Å². The number of esters is 1. The summed E-state index contributed by atoms with van der Waals surface area (Å²) in [6.07, 6.45) is 0. The molecule has 90 valence electrons. The minimum absolute atomic E-state index is 0.339. The van der Waals surface area contributed by atoms with Crippen molar-refractivity contribution >= 4 is 5.97 Å². The molecular weight excluding hydrogens is 196 g/mol. The average molecular weight is 218 g/mol. The van der Waals surface area contributed by atoms with E-state index in [0.29, 0.717) is 19.8 Å². The molecule has 0 heterocycles. The lowest BCUT2D eigenvalue weighted by Crippen LogP contribution is -2.44. The third-order valence-corrected chi connectivity index (χ3v) is 2.10. The predicted molar refractivity (Wildman–Crippen MR) is 58.6 cm³/mol. The Labute approximate surface area is 91.5 Å². The van der Waals surface area contributed by atoms with Crippen molar-refractivity contribution < 1.29 is 14.3 Å². The topological polar surface area (TPSA) is 64.8 Å². The van der Waals surface area contributed by atoms with Crippen LogP contribution < -0.4 is 5.73 Å². The van der Waals surface area contributed by atoms with Crippen LogP contribution in [0.4, 0.5) is 0 Å². The van der Waals surface area contributed by atoms with Crippen LogP contribution in [0.5, 0.6) is 0 Å². The molecule has 0 rings (SSSR count). The number of methoxy groups -OCH3 is 1. The maximum Gasteiger partial charge on any atom is 0.324 e. The van der Waals surface area contributed by atoms with Gasteiger partial charge in [-0.2, -0.15) is 0 Å². The predicted octanol–water partition coefficient (Wildman–Crippen LogP) is -0.155. The zero-order valence-electron chi connectivity index (χ0n) is 9.86. The van der Waals surface area contributed by atoms with E-state index in [2.05, 4.69) is 4.90 Å². The first-order valence-electron chi connectivity index (χ1n) is 5.29. The van der Waals surface area contributed by atoms with E-state index in [1.54, 1.807) is 14.0 Å². The summed E-state index contributed by atoms with van der Waals surface area (Å²) in [4.78, 5) is 13.3. The van der Waals surface area contributed by atoms with Gasteiger partial charge in [-0.25, -0.2) is 0 Å². The highest BCUT2D eigenvalue weighted by Gasteiger charge is 2.17. The van der Waals surface area contributed by atoms with Gasteiger partial charge in [-0.05, 0) is 13.5 Å². The van der Waals surface area contributed by atoms with Gasteiger partial charge in [0.15, 0.2) is 0 Å². The number of nitrogens with two attached hydrogens (primary N) is 1. The number of likely N-dealkylation sites (N-methyl/N-ethyl adjacent to an activating group) is 1. The van der Waals surface area contributed by atoms with Gasteiger partial charge in [0.2, 0.25) is 0 Å². The van der Waals surface area contributed by atoms with Gasteiger partial charge in [0.1, 0.15) is 6.04 Å². The van der Waals surface area contributed by atoms with Gasteiger partial charge >= 0.3 is 5.97 Å². The summed E-state index contributed by atoms with van der Waals surface area (Å²) in [5.41, 5.74) is 5.69. The Morgan fingerprint density at radius 2 is 2.13 bits per heavy atom. The smallest absolute Gasteiger partial charge is 0.324 e. The first kappa shape index (κ1) is 14.3. The fourth-order valence-electron chi connectivity index (χ4n) is 1.20. The molecule has 0 amide bonds. The molecule has 1 atom stereocenters. The van der Waals surface area contributed by atoms with Gasteiger partial charge in [0.25, 0.3) is 0 Å². The summed E-state index contributed by atoms with van der Waals surface area (Å²) in [5.74, 6) is -0.339. The van der Waals surface area contributed by atoms with Crippen molar-refractivity contribution in [3.05, 3.63) is 0 Å². The highest BCUT2D eigenvalue weighted by Crippen LogP contribution is 1.93. The van der Waals surface area contributed by atoms with Crippen LogP contribution in [0, 0.1) is 0 Å². The van der Waals surface area contributed by atoms with E-state index in [0.717, 1.165) is 13.1 Å². The molecule has 0 radical (unpaired) electrons. The molecule has 0 bridgehead atoms. The van der Waals surface area contributed by atoms with Crippen molar-refractivity contribution in [2.45, 2.75) is 19.9 Å². The summed E-state index contributed by atoms with van der Waals surface area (Å²) in [6.45, 7) is 6.94. The van der Waals surface area contributed by atoms with Crippen molar-refractivity contribution in [2.75, 3.05) is 40.0 Å². The Morgan fingerprint density at radius 1 is 1.47 bits per heavy atom. The van der Waals surface area contributed by atoms with Gasteiger partial charge < -0.3 is 15.2 Å². The molecule has 2 N–H and O–H groups in total. The second-order valence-electron chi connectivity index (χ2n) is 3.24. The number of hydrogen-bond acceptors (Lipinski definition) is 5. The molecule has 0 aromatic rings. The zero-order valence-corrected chi connectivity index (χ0v) is 9.86. The number of ether oxygens (including phenoxy) is 2. The van der Waals surface area contributed by atoms with Gasteiger partial charge in [-0.3, -0.25) is 9.69 Å². The summed E-state index contributed by atoms with van der Waals surface area (Å²) < 4.78 is 9.80. The second kappa shape index (κ2) is 8.64. The van der Waals surface area contributed by atoms with E-state index in [1.165, 1.54) is 0 Å². The van der Waals surface area contributed by atoms with E-state index in [-0.39, 0.29) is 5.97 Å². The average Bonchev–Trinajstić information content (AvgIpc) is 2.24. The summed E-state index contributed by atoms with van der Waals surface area (Å²) in [7, 11) is 1.65. The van der Waals surface area contributed by atoms with Crippen molar-refractivity contribution in [1.82, 2.24) is 4.90 Å². The van der Waals surface area contributed by atoms with Crippen LogP contribution in [0.1, 0.15) is 13.8 Å². The molecule has 0 aliphatic heterocycles. The Hall–Kier alpha value is -0.650. The number of nitrogens with zero attached hydrogens (tertiary/aromatic N) is 1. The lowest BCUT2D eigenvalue weighted by Gasteiger charge is -2.22. The van der Waals surface area contributed by atoms with Gasteiger partial charge in [-0.1, -0.05) is 6.92 Å². The van der Waals surface area contributed by atoms with Gasteiger partial charge in [0.05, 0.1) is 13.2 Å². The fraction of sp³-hybridized carbons (Fsp3) is 0.900. The Balaban J connectivity index is 3.88. The van der Waals surface area contributed by atoms with Crippen molar-refractivity contribution in [2.24, 2.45) is 5.73 Å². The fourth-order valence-corrected chi connectivity index (χ4v) is 1.20. The summed E-state index contributed by atoms with van der Waals surface area (Å²) >= 11 is 0. The minimum atomic E-state index is -0.568. The van der Waals surface area contributed by atoms with Crippen LogP contribution in [-0.4, -0.2) is 56.9 Å². The van der Waals surface area contributed by atoms with Gasteiger partial charge in [0, 0.05) is 20.2 Å². The third kappa shape index (κ3) is 6.43. The molecule has 0 aliphatic carbocycles. The van der Waals surface area contributed by atoms with Crippen LogP contribution >= 0.6 is 0 Å². The normalized spacial score (nSPS) is 12.9. The molecule has 0 spiro atoms. The molecule has 0 saturated heterocycles. The second-order valence-corrected chi connectivity index (χ2v) is 3.24. The van der Waals surface area contributed by atoms with Crippen molar-refractivity contribution in [3.8, 4) is 0 Å². The van der Waals surface area contributed by atoms with Crippen molar-refractivity contribution in [3.63, 3.8) is 0 Å².